The summed E-state index contributed by atoms with van der Waals surface area (Å²) >= 11 is 6.18. The van der Waals surface area contributed by atoms with E-state index in [2.05, 4.69) is 0 Å². The van der Waals surface area contributed by atoms with E-state index in [1.165, 1.54) is 7.11 Å². The first-order valence-electron chi connectivity index (χ1n) is 6.55. The Balaban J connectivity index is 2.28. The van der Waals surface area contributed by atoms with Gasteiger partial charge in [0.2, 0.25) is 0 Å². The highest BCUT2D eigenvalue weighted by Gasteiger charge is 2.15. The van der Waals surface area contributed by atoms with Crippen LogP contribution in [0.5, 0.6) is 11.5 Å². The number of rotatable bonds is 5. The molecule has 0 unspecified atom stereocenters. The van der Waals surface area contributed by atoms with Crippen LogP contribution in [0.15, 0.2) is 36.4 Å². The maximum absolute atomic E-state index is 12.5. The zero-order chi connectivity index (χ0) is 15.4. The third-order valence-electron chi connectivity index (χ3n) is 3.27. The summed E-state index contributed by atoms with van der Waals surface area (Å²) in [6.45, 7) is 1.96. The lowest BCUT2D eigenvalue weighted by atomic mass is 10.0. The van der Waals surface area contributed by atoms with Crippen molar-refractivity contribution in [2.24, 2.45) is 0 Å². The van der Waals surface area contributed by atoms with Crippen molar-refractivity contribution in [2.75, 3.05) is 14.2 Å². The molecule has 0 aromatic heterocycles. The summed E-state index contributed by atoms with van der Waals surface area (Å²) in [5.41, 5.74) is 2.40. The number of methoxy groups -OCH3 is 2. The second kappa shape index (κ2) is 6.64. The highest BCUT2D eigenvalue weighted by atomic mass is 35.5. The van der Waals surface area contributed by atoms with Crippen molar-refractivity contribution in [1.82, 2.24) is 0 Å². The van der Waals surface area contributed by atoms with Gasteiger partial charge >= 0.3 is 0 Å². The molecule has 0 aliphatic heterocycles. The van der Waals surface area contributed by atoms with Gasteiger partial charge in [0, 0.05) is 17.5 Å². The lowest BCUT2D eigenvalue weighted by molar-refractivity contribution is 0.0990. The van der Waals surface area contributed by atoms with E-state index < -0.39 is 0 Å². The number of Topliss-reactive ketones (excluding diaryl/α,β-unsaturated/α-hetero) is 1. The van der Waals surface area contributed by atoms with Gasteiger partial charge in [-0.1, -0.05) is 23.7 Å². The van der Waals surface area contributed by atoms with Gasteiger partial charge in [0.15, 0.2) is 5.78 Å². The van der Waals surface area contributed by atoms with Gasteiger partial charge in [-0.25, -0.2) is 0 Å². The first kappa shape index (κ1) is 15.4. The molecule has 21 heavy (non-hydrogen) atoms. The lowest BCUT2D eigenvalue weighted by Crippen LogP contribution is -2.06. The largest absolute Gasteiger partial charge is 0.497 e. The van der Waals surface area contributed by atoms with Gasteiger partial charge in [-0.05, 0) is 36.2 Å². The Morgan fingerprint density at radius 1 is 1.10 bits per heavy atom. The summed E-state index contributed by atoms with van der Waals surface area (Å²) in [7, 11) is 3.10. The smallest absolute Gasteiger partial charge is 0.171 e. The third kappa shape index (κ3) is 3.56. The predicted molar refractivity (Wildman–Crippen MR) is 83.8 cm³/mol. The SMILES string of the molecule is COc1ccc(C(=O)Cc2ccc(C)cc2Cl)c(OC)c1. The van der Waals surface area contributed by atoms with Crippen molar-refractivity contribution < 1.29 is 14.3 Å². The molecule has 0 bridgehead atoms. The maximum Gasteiger partial charge on any atom is 0.171 e. The van der Waals surface area contributed by atoms with Gasteiger partial charge in [0.25, 0.3) is 0 Å². The van der Waals surface area contributed by atoms with E-state index in [9.17, 15) is 4.79 Å². The Morgan fingerprint density at radius 3 is 2.48 bits per heavy atom. The molecular weight excluding hydrogens is 288 g/mol. The van der Waals surface area contributed by atoms with Crippen LogP contribution >= 0.6 is 11.6 Å². The van der Waals surface area contributed by atoms with Crippen molar-refractivity contribution >= 4 is 17.4 Å². The Labute approximate surface area is 129 Å². The highest BCUT2D eigenvalue weighted by Crippen LogP contribution is 2.27. The average Bonchev–Trinajstić information content (AvgIpc) is 2.49. The van der Waals surface area contributed by atoms with E-state index in [4.69, 9.17) is 21.1 Å². The van der Waals surface area contributed by atoms with Crippen LogP contribution in [0.3, 0.4) is 0 Å². The Morgan fingerprint density at radius 2 is 1.86 bits per heavy atom. The molecule has 0 aliphatic carbocycles. The normalized spacial score (nSPS) is 10.3. The maximum atomic E-state index is 12.5. The molecule has 0 N–H and O–H groups in total. The quantitative estimate of drug-likeness (QED) is 0.780. The number of ketones is 1. The fourth-order valence-corrected chi connectivity index (χ4v) is 2.39. The Hall–Kier alpha value is -2.00. The first-order chi connectivity index (χ1) is 10.0. The molecule has 0 saturated carbocycles. The molecule has 2 aromatic rings. The van der Waals surface area contributed by atoms with Crippen LogP contribution in [0.1, 0.15) is 21.5 Å². The zero-order valence-electron chi connectivity index (χ0n) is 12.3. The van der Waals surface area contributed by atoms with Gasteiger partial charge < -0.3 is 9.47 Å². The number of halogens is 1. The second-order valence-corrected chi connectivity index (χ2v) is 5.17. The van der Waals surface area contributed by atoms with Crippen LogP contribution in [0, 0.1) is 6.92 Å². The van der Waals surface area contributed by atoms with E-state index >= 15 is 0 Å². The van der Waals surface area contributed by atoms with Gasteiger partial charge in [-0.3, -0.25) is 4.79 Å². The number of hydrogen-bond acceptors (Lipinski definition) is 3. The topological polar surface area (TPSA) is 35.5 Å². The number of ether oxygens (including phenoxy) is 2. The molecule has 2 rings (SSSR count). The molecular formula is C17H17ClO3. The van der Waals surface area contributed by atoms with Crippen molar-refractivity contribution in [1.29, 1.82) is 0 Å². The number of aryl methyl sites for hydroxylation is 1. The molecule has 110 valence electrons. The minimum absolute atomic E-state index is 0.0414. The van der Waals surface area contributed by atoms with E-state index in [1.807, 2.05) is 25.1 Å². The highest BCUT2D eigenvalue weighted by molar-refractivity contribution is 6.31. The number of carbonyl (C=O) groups is 1. The standard InChI is InChI=1S/C17H17ClO3/c1-11-4-5-12(15(18)8-11)9-16(19)14-7-6-13(20-2)10-17(14)21-3/h4-8,10H,9H2,1-3H3. The molecule has 4 heteroatoms. The van der Waals surface area contributed by atoms with Gasteiger partial charge in [-0.2, -0.15) is 0 Å². The van der Waals surface area contributed by atoms with Gasteiger partial charge in [-0.15, -0.1) is 0 Å². The fraction of sp³-hybridized carbons (Fsp3) is 0.235. The fourth-order valence-electron chi connectivity index (χ4n) is 2.09. The van der Waals surface area contributed by atoms with Crippen LogP contribution in [-0.2, 0) is 6.42 Å². The summed E-state index contributed by atoms with van der Waals surface area (Å²) in [6, 6.07) is 10.8. The Kier molecular flexibility index (Phi) is 4.86. The summed E-state index contributed by atoms with van der Waals surface area (Å²) in [6.07, 6.45) is 0.238. The molecule has 0 radical (unpaired) electrons. The van der Waals surface area contributed by atoms with E-state index in [0.29, 0.717) is 22.1 Å². The number of hydrogen-bond donors (Lipinski definition) is 0. The van der Waals surface area contributed by atoms with Crippen molar-refractivity contribution in [3.8, 4) is 11.5 Å². The molecule has 0 heterocycles. The van der Waals surface area contributed by atoms with Crippen molar-refractivity contribution in [2.45, 2.75) is 13.3 Å². The van der Waals surface area contributed by atoms with E-state index in [1.54, 1.807) is 25.3 Å². The molecule has 3 nitrogen and oxygen atoms in total. The summed E-state index contributed by atoms with van der Waals surface area (Å²) in [5, 5.41) is 0.607. The van der Waals surface area contributed by atoms with Crippen LogP contribution in [0.4, 0.5) is 0 Å². The minimum Gasteiger partial charge on any atom is -0.497 e. The molecule has 0 atom stereocenters. The summed E-state index contributed by atoms with van der Waals surface area (Å²) < 4.78 is 10.4. The lowest BCUT2D eigenvalue weighted by Gasteiger charge is -2.10. The minimum atomic E-state index is -0.0414. The van der Waals surface area contributed by atoms with E-state index in [0.717, 1.165) is 11.1 Å². The molecule has 0 amide bonds. The average molecular weight is 305 g/mol. The number of benzene rings is 2. The first-order valence-corrected chi connectivity index (χ1v) is 6.93. The summed E-state index contributed by atoms with van der Waals surface area (Å²) in [5.74, 6) is 1.11. The monoisotopic (exact) mass is 304 g/mol. The summed E-state index contributed by atoms with van der Waals surface area (Å²) in [4.78, 5) is 12.5. The van der Waals surface area contributed by atoms with E-state index in [-0.39, 0.29) is 12.2 Å². The molecule has 0 aliphatic rings. The molecule has 2 aromatic carbocycles. The van der Waals surface area contributed by atoms with Crippen LogP contribution in [0.2, 0.25) is 5.02 Å². The van der Waals surface area contributed by atoms with Crippen molar-refractivity contribution in [3.63, 3.8) is 0 Å². The third-order valence-corrected chi connectivity index (χ3v) is 3.62. The second-order valence-electron chi connectivity index (χ2n) is 4.76. The van der Waals surface area contributed by atoms with Crippen LogP contribution in [-0.4, -0.2) is 20.0 Å². The molecule has 0 fully saturated rings. The van der Waals surface area contributed by atoms with Crippen LogP contribution < -0.4 is 9.47 Å². The number of carbonyl (C=O) groups excluding carboxylic acids is 1. The molecule has 0 spiro atoms. The van der Waals surface area contributed by atoms with Crippen molar-refractivity contribution in [3.05, 3.63) is 58.1 Å². The Bertz CT molecular complexity index is 665. The molecule has 0 saturated heterocycles. The van der Waals surface area contributed by atoms with Gasteiger partial charge in [0.05, 0.1) is 19.8 Å². The van der Waals surface area contributed by atoms with Gasteiger partial charge in [0.1, 0.15) is 11.5 Å². The zero-order valence-corrected chi connectivity index (χ0v) is 13.0. The van der Waals surface area contributed by atoms with Crippen LogP contribution in [0.25, 0.3) is 0 Å². The predicted octanol–water partition coefficient (Wildman–Crippen LogP) is 4.09.